The first kappa shape index (κ1) is 7.61. The van der Waals surface area contributed by atoms with Crippen molar-refractivity contribution in [3.05, 3.63) is 27.7 Å². The minimum atomic E-state index is 0.347. The minimum Gasteiger partial charge on any atom is -0.506 e. The monoisotopic (exact) mass is 200 g/mol. The number of halogens is 1. The van der Waals surface area contributed by atoms with Gasteiger partial charge in [0.05, 0.1) is 4.47 Å². The van der Waals surface area contributed by atoms with E-state index in [0.717, 1.165) is 15.6 Å². The molecule has 0 aliphatic rings. The number of phenolic OH excluding ortho intramolecular Hbond substituents is 1. The smallest absolute Gasteiger partial charge is 0.132 e. The first-order chi connectivity index (χ1) is 4.63. The average molecular weight is 201 g/mol. The summed E-state index contributed by atoms with van der Waals surface area (Å²) in [4.78, 5) is 0. The van der Waals surface area contributed by atoms with E-state index in [4.69, 9.17) is 0 Å². The van der Waals surface area contributed by atoms with Gasteiger partial charge in [0.1, 0.15) is 5.75 Å². The summed E-state index contributed by atoms with van der Waals surface area (Å²) in [7, 11) is 0. The van der Waals surface area contributed by atoms with Crippen LogP contribution in [-0.2, 0) is 0 Å². The van der Waals surface area contributed by atoms with E-state index < -0.39 is 0 Å². The second-order valence-electron chi connectivity index (χ2n) is 2.34. The number of phenols is 1. The van der Waals surface area contributed by atoms with Crippen LogP contribution in [0.1, 0.15) is 11.1 Å². The maximum absolute atomic E-state index is 9.34. The zero-order valence-corrected chi connectivity index (χ0v) is 7.57. The molecule has 0 aliphatic carbocycles. The molecule has 0 bridgehead atoms. The molecule has 0 heterocycles. The molecule has 0 amide bonds. The van der Waals surface area contributed by atoms with Gasteiger partial charge in [-0.1, -0.05) is 6.07 Å². The lowest BCUT2D eigenvalue weighted by Crippen LogP contribution is -1.81. The standard InChI is InChI=1S/C8H9BrO/c1-5-3-4-7(9)8(10)6(5)2/h3-4,10H,1-2H3. The van der Waals surface area contributed by atoms with E-state index in [0.29, 0.717) is 5.75 Å². The van der Waals surface area contributed by atoms with E-state index in [1.807, 2.05) is 26.0 Å². The third kappa shape index (κ3) is 1.16. The molecule has 1 N–H and O–H groups in total. The molecule has 0 saturated carbocycles. The van der Waals surface area contributed by atoms with Crippen molar-refractivity contribution in [2.45, 2.75) is 13.8 Å². The van der Waals surface area contributed by atoms with Crippen LogP contribution in [0.2, 0.25) is 0 Å². The molecule has 0 fully saturated rings. The van der Waals surface area contributed by atoms with Gasteiger partial charge in [0.15, 0.2) is 0 Å². The van der Waals surface area contributed by atoms with Gasteiger partial charge in [-0.15, -0.1) is 0 Å². The largest absolute Gasteiger partial charge is 0.506 e. The fourth-order valence-corrected chi connectivity index (χ4v) is 1.20. The van der Waals surface area contributed by atoms with Crippen molar-refractivity contribution in [1.82, 2.24) is 0 Å². The first-order valence-electron chi connectivity index (χ1n) is 3.07. The number of hydrogen-bond donors (Lipinski definition) is 1. The Morgan fingerprint density at radius 1 is 1.30 bits per heavy atom. The first-order valence-corrected chi connectivity index (χ1v) is 3.87. The van der Waals surface area contributed by atoms with E-state index in [-0.39, 0.29) is 0 Å². The maximum atomic E-state index is 9.34. The Bertz CT molecular complexity index is 229. The molecule has 1 aromatic carbocycles. The molecule has 0 unspecified atom stereocenters. The van der Waals surface area contributed by atoms with Crippen molar-refractivity contribution in [2.75, 3.05) is 0 Å². The third-order valence-corrected chi connectivity index (χ3v) is 2.29. The Morgan fingerprint density at radius 2 is 1.90 bits per heavy atom. The number of hydrogen-bond acceptors (Lipinski definition) is 1. The van der Waals surface area contributed by atoms with Gasteiger partial charge in [-0.05, 0) is 47.0 Å². The van der Waals surface area contributed by atoms with Gasteiger partial charge in [0, 0.05) is 0 Å². The van der Waals surface area contributed by atoms with E-state index in [9.17, 15) is 5.11 Å². The Hall–Kier alpha value is -0.500. The lowest BCUT2D eigenvalue weighted by molar-refractivity contribution is 0.467. The van der Waals surface area contributed by atoms with Crippen LogP contribution in [0.25, 0.3) is 0 Å². The predicted octanol–water partition coefficient (Wildman–Crippen LogP) is 2.77. The van der Waals surface area contributed by atoms with Gasteiger partial charge in [0.2, 0.25) is 0 Å². The number of aryl methyl sites for hydroxylation is 1. The molecule has 0 radical (unpaired) electrons. The van der Waals surface area contributed by atoms with Gasteiger partial charge in [0.25, 0.3) is 0 Å². The third-order valence-electron chi connectivity index (χ3n) is 1.65. The lowest BCUT2D eigenvalue weighted by atomic mass is 10.1. The van der Waals surface area contributed by atoms with Gasteiger partial charge in [-0.3, -0.25) is 0 Å². The molecule has 10 heavy (non-hydrogen) atoms. The molecular formula is C8H9BrO. The van der Waals surface area contributed by atoms with Crippen LogP contribution >= 0.6 is 15.9 Å². The van der Waals surface area contributed by atoms with Crippen LogP contribution in [0.3, 0.4) is 0 Å². The predicted molar refractivity (Wildman–Crippen MR) is 45.3 cm³/mol. The minimum absolute atomic E-state index is 0.347. The van der Waals surface area contributed by atoms with E-state index in [2.05, 4.69) is 15.9 Å². The van der Waals surface area contributed by atoms with Crippen molar-refractivity contribution in [1.29, 1.82) is 0 Å². The Balaban J connectivity index is 3.34. The van der Waals surface area contributed by atoms with E-state index in [1.165, 1.54) is 0 Å². The molecule has 1 nitrogen and oxygen atoms in total. The van der Waals surface area contributed by atoms with Gasteiger partial charge < -0.3 is 5.11 Å². The molecule has 0 saturated heterocycles. The summed E-state index contributed by atoms with van der Waals surface area (Å²) < 4.78 is 0.760. The van der Waals surface area contributed by atoms with Gasteiger partial charge >= 0.3 is 0 Å². The van der Waals surface area contributed by atoms with Gasteiger partial charge in [-0.2, -0.15) is 0 Å². The molecule has 1 rings (SSSR count). The molecule has 0 atom stereocenters. The summed E-state index contributed by atoms with van der Waals surface area (Å²) in [6, 6.07) is 3.82. The van der Waals surface area contributed by atoms with Crippen LogP contribution in [0.4, 0.5) is 0 Å². The lowest BCUT2D eigenvalue weighted by Gasteiger charge is -2.03. The SMILES string of the molecule is Cc1ccc(Br)c(O)c1C. The maximum Gasteiger partial charge on any atom is 0.132 e. The van der Waals surface area contributed by atoms with E-state index >= 15 is 0 Å². The number of aromatic hydroxyl groups is 1. The highest BCUT2D eigenvalue weighted by atomic mass is 79.9. The van der Waals surface area contributed by atoms with Crippen molar-refractivity contribution in [2.24, 2.45) is 0 Å². The second-order valence-corrected chi connectivity index (χ2v) is 3.19. The van der Waals surface area contributed by atoms with Crippen LogP contribution in [0.15, 0.2) is 16.6 Å². The van der Waals surface area contributed by atoms with Crippen LogP contribution in [-0.4, -0.2) is 5.11 Å². The topological polar surface area (TPSA) is 20.2 Å². The van der Waals surface area contributed by atoms with E-state index in [1.54, 1.807) is 0 Å². The summed E-state index contributed by atoms with van der Waals surface area (Å²) in [6.45, 7) is 3.87. The highest BCUT2D eigenvalue weighted by molar-refractivity contribution is 9.10. The molecular weight excluding hydrogens is 192 g/mol. The van der Waals surface area contributed by atoms with Crippen molar-refractivity contribution < 1.29 is 5.11 Å². The molecule has 2 heteroatoms. The zero-order valence-electron chi connectivity index (χ0n) is 5.98. The van der Waals surface area contributed by atoms with Crippen LogP contribution in [0, 0.1) is 13.8 Å². The van der Waals surface area contributed by atoms with Crippen molar-refractivity contribution in [3.63, 3.8) is 0 Å². The quantitative estimate of drug-likeness (QED) is 0.684. The Labute approximate surface area is 68.8 Å². The molecule has 0 aromatic heterocycles. The van der Waals surface area contributed by atoms with Crippen LogP contribution in [0.5, 0.6) is 5.75 Å². The number of rotatable bonds is 0. The Morgan fingerprint density at radius 3 is 2.40 bits per heavy atom. The molecule has 0 aliphatic heterocycles. The highest BCUT2D eigenvalue weighted by Gasteiger charge is 2.01. The summed E-state index contributed by atoms with van der Waals surface area (Å²) in [5.41, 5.74) is 2.05. The summed E-state index contributed by atoms with van der Waals surface area (Å²) >= 11 is 3.23. The molecule has 0 spiro atoms. The fourth-order valence-electron chi connectivity index (χ4n) is 0.768. The van der Waals surface area contributed by atoms with Crippen molar-refractivity contribution in [3.8, 4) is 5.75 Å². The van der Waals surface area contributed by atoms with Crippen molar-refractivity contribution >= 4 is 15.9 Å². The molecule has 1 aromatic rings. The fraction of sp³-hybridized carbons (Fsp3) is 0.250. The normalized spacial score (nSPS) is 9.90. The van der Waals surface area contributed by atoms with Crippen LogP contribution < -0.4 is 0 Å². The average Bonchev–Trinajstić information content (AvgIpc) is 1.93. The molecule has 54 valence electrons. The highest BCUT2D eigenvalue weighted by Crippen LogP contribution is 2.28. The zero-order chi connectivity index (χ0) is 7.72. The Kier molecular flexibility index (Phi) is 2.00. The van der Waals surface area contributed by atoms with Gasteiger partial charge in [-0.25, -0.2) is 0 Å². The summed E-state index contributed by atoms with van der Waals surface area (Å²) in [5.74, 6) is 0.347. The second kappa shape index (κ2) is 2.62. The summed E-state index contributed by atoms with van der Waals surface area (Å²) in [5, 5.41) is 9.34. The summed E-state index contributed by atoms with van der Waals surface area (Å²) in [6.07, 6.45) is 0. The number of benzene rings is 1.